The molecule has 0 spiro atoms. The molecule has 2 unspecified atom stereocenters. The third-order valence-corrected chi connectivity index (χ3v) is 3.01. The maximum Gasteiger partial charge on any atom is 0.328 e. The van der Waals surface area contributed by atoms with Crippen LogP contribution in [0.4, 0.5) is 0 Å². The van der Waals surface area contributed by atoms with Crippen LogP contribution in [0.15, 0.2) is 34.3 Å². The molecule has 0 saturated carbocycles. The third-order valence-electron chi connectivity index (χ3n) is 3.01. The monoisotopic (exact) mass is 272 g/mol. The molecule has 0 radical (unpaired) electrons. The second-order valence-electron chi connectivity index (χ2n) is 4.47. The molecular formula is C14H12N2O4. The molecule has 0 fully saturated rings. The Morgan fingerprint density at radius 2 is 1.40 bits per heavy atom. The number of carbonyl (C=O) groups is 2. The lowest BCUT2D eigenvalue weighted by molar-refractivity contribution is -0.145. The lowest BCUT2D eigenvalue weighted by atomic mass is 10.0. The van der Waals surface area contributed by atoms with Gasteiger partial charge in [-0.25, -0.2) is 0 Å². The Kier molecular flexibility index (Phi) is 3.28. The van der Waals surface area contributed by atoms with Gasteiger partial charge in [-0.1, -0.05) is 18.2 Å². The zero-order valence-electron chi connectivity index (χ0n) is 10.6. The lowest BCUT2D eigenvalue weighted by Gasteiger charge is -2.20. The van der Waals surface area contributed by atoms with E-state index in [0.717, 1.165) is 11.1 Å². The number of aliphatic imine (C=N–C) groups is 2. The van der Waals surface area contributed by atoms with Crippen molar-refractivity contribution in [1.29, 1.82) is 0 Å². The topological polar surface area (TPSA) is 77.3 Å². The van der Waals surface area contributed by atoms with Crippen LogP contribution in [0.5, 0.6) is 0 Å². The fourth-order valence-electron chi connectivity index (χ4n) is 2.09. The minimum absolute atomic E-state index is 0.0586. The first-order valence-electron chi connectivity index (χ1n) is 6.21. The Balaban J connectivity index is 1.86. The van der Waals surface area contributed by atoms with Gasteiger partial charge in [0.2, 0.25) is 0 Å². The molecule has 2 aliphatic heterocycles. The van der Waals surface area contributed by atoms with Gasteiger partial charge in [-0.05, 0) is 17.2 Å². The first kappa shape index (κ1) is 12.5. The van der Waals surface area contributed by atoms with Crippen molar-refractivity contribution in [3.8, 4) is 0 Å². The number of rotatable bonds is 2. The number of cyclic esters (lactones) is 2. The van der Waals surface area contributed by atoms with Gasteiger partial charge in [-0.3, -0.25) is 19.6 Å². The summed E-state index contributed by atoms with van der Waals surface area (Å²) in [5.41, 5.74) is 1.57. The molecule has 2 heterocycles. The number of esters is 2. The third kappa shape index (κ3) is 2.59. The predicted octanol–water partition coefficient (Wildman–Crippen LogP) is 1.02. The van der Waals surface area contributed by atoms with Gasteiger partial charge in [0, 0.05) is 12.4 Å². The minimum Gasteiger partial charge on any atom is -0.450 e. The molecule has 1 aromatic rings. The summed E-state index contributed by atoms with van der Waals surface area (Å²) in [6, 6.07) is 7.31. The predicted molar refractivity (Wildman–Crippen MR) is 70.8 cm³/mol. The molecule has 102 valence electrons. The second kappa shape index (κ2) is 5.24. The van der Waals surface area contributed by atoms with E-state index < -0.39 is 12.2 Å². The minimum atomic E-state index is -0.493. The van der Waals surface area contributed by atoms with Gasteiger partial charge in [0.1, 0.15) is 13.1 Å². The number of ether oxygens (including phenoxy) is 2. The molecular weight excluding hydrogens is 260 g/mol. The lowest BCUT2D eigenvalue weighted by Crippen LogP contribution is -2.21. The van der Waals surface area contributed by atoms with Gasteiger partial charge in [0.05, 0.1) is 0 Å². The van der Waals surface area contributed by atoms with Gasteiger partial charge >= 0.3 is 11.9 Å². The van der Waals surface area contributed by atoms with Crippen molar-refractivity contribution >= 4 is 24.4 Å². The van der Waals surface area contributed by atoms with Crippen LogP contribution in [-0.4, -0.2) is 37.5 Å². The van der Waals surface area contributed by atoms with Crippen molar-refractivity contribution in [2.24, 2.45) is 9.98 Å². The Labute approximate surface area is 115 Å². The Morgan fingerprint density at radius 1 is 0.900 bits per heavy atom. The summed E-state index contributed by atoms with van der Waals surface area (Å²) in [6.07, 6.45) is 2.21. The van der Waals surface area contributed by atoms with Crippen molar-refractivity contribution in [2.75, 3.05) is 13.1 Å². The fraction of sp³-hybridized carbons (Fsp3) is 0.286. The van der Waals surface area contributed by atoms with Gasteiger partial charge < -0.3 is 9.47 Å². The number of hydrogen-bond donors (Lipinski definition) is 0. The van der Waals surface area contributed by atoms with Gasteiger partial charge in [-0.2, -0.15) is 0 Å². The zero-order chi connectivity index (χ0) is 13.9. The summed E-state index contributed by atoms with van der Waals surface area (Å²) in [7, 11) is 0. The van der Waals surface area contributed by atoms with Crippen LogP contribution < -0.4 is 0 Å². The summed E-state index contributed by atoms with van der Waals surface area (Å²) in [5, 5.41) is 0. The highest BCUT2D eigenvalue weighted by molar-refractivity contribution is 5.83. The molecule has 0 aliphatic carbocycles. The van der Waals surface area contributed by atoms with Crippen LogP contribution in [0.2, 0.25) is 0 Å². The number of hydrogen-bond acceptors (Lipinski definition) is 6. The Hall–Kier alpha value is -2.50. The van der Waals surface area contributed by atoms with Crippen LogP contribution in [0.3, 0.4) is 0 Å². The summed E-state index contributed by atoms with van der Waals surface area (Å²) in [4.78, 5) is 30.4. The number of nitrogens with zero attached hydrogens (tertiary/aromatic N) is 2. The Bertz CT molecular complexity index is 560. The second-order valence-corrected chi connectivity index (χ2v) is 4.47. The summed E-state index contributed by atoms with van der Waals surface area (Å²) in [5.74, 6) is -0.706. The van der Waals surface area contributed by atoms with Crippen molar-refractivity contribution in [3.05, 3.63) is 35.4 Å². The molecule has 20 heavy (non-hydrogen) atoms. The molecule has 0 saturated heterocycles. The Morgan fingerprint density at radius 3 is 1.85 bits per heavy atom. The van der Waals surface area contributed by atoms with Crippen LogP contribution in [0.25, 0.3) is 0 Å². The highest BCUT2D eigenvalue weighted by Gasteiger charge is 2.22. The summed E-state index contributed by atoms with van der Waals surface area (Å²) >= 11 is 0. The van der Waals surface area contributed by atoms with Gasteiger partial charge in [0.25, 0.3) is 0 Å². The molecule has 0 N–H and O–H groups in total. The van der Waals surface area contributed by atoms with Crippen LogP contribution >= 0.6 is 0 Å². The maximum atomic E-state index is 11.2. The molecule has 6 nitrogen and oxygen atoms in total. The highest BCUT2D eigenvalue weighted by atomic mass is 16.5. The van der Waals surface area contributed by atoms with Crippen molar-refractivity contribution in [2.45, 2.75) is 12.2 Å². The average molecular weight is 272 g/mol. The molecule has 2 atom stereocenters. The average Bonchev–Trinajstić information content (AvgIpc) is 2.47. The number of benzene rings is 1. The first-order valence-corrected chi connectivity index (χ1v) is 6.21. The zero-order valence-corrected chi connectivity index (χ0v) is 10.6. The molecule has 1 aromatic carbocycles. The van der Waals surface area contributed by atoms with Gasteiger partial charge in [-0.15, -0.1) is 0 Å². The van der Waals surface area contributed by atoms with E-state index in [0.29, 0.717) is 0 Å². The van der Waals surface area contributed by atoms with Crippen molar-refractivity contribution in [1.82, 2.24) is 0 Å². The van der Waals surface area contributed by atoms with Crippen LogP contribution in [0, 0.1) is 0 Å². The van der Waals surface area contributed by atoms with Crippen molar-refractivity contribution in [3.63, 3.8) is 0 Å². The van der Waals surface area contributed by atoms with E-state index in [1.54, 1.807) is 12.4 Å². The maximum absolute atomic E-state index is 11.2. The van der Waals surface area contributed by atoms with Crippen molar-refractivity contribution < 1.29 is 19.1 Å². The smallest absolute Gasteiger partial charge is 0.328 e. The number of carbonyl (C=O) groups excluding carboxylic acids is 2. The molecule has 0 aromatic heterocycles. The van der Waals surface area contributed by atoms with E-state index in [4.69, 9.17) is 9.47 Å². The van der Waals surface area contributed by atoms with Crippen LogP contribution in [-0.2, 0) is 19.1 Å². The van der Waals surface area contributed by atoms with E-state index in [2.05, 4.69) is 9.98 Å². The van der Waals surface area contributed by atoms with E-state index >= 15 is 0 Å². The quantitative estimate of drug-likeness (QED) is 0.753. The van der Waals surface area contributed by atoms with Gasteiger partial charge in [0.15, 0.2) is 12.2 Å². The summed E-state index contributed by atoms with van der Waals surface area (Å²) in [6.45, 7) is 0.117. The van der Waals surface area contributed by atoms with E-state index in [1.165, 1.54) is 0 Å². The molecule has 3 rings (SSSR count). The van der Waals surface area contributed by atoms with E-state index in [1.807, 2.05) is 24.3 Å². The first-order chi connectivity index (χ1) is 9.72. The van der Waals surface area contributed by atoms with E-state index in [9.17, 15) is 9.59 Å². The molecule has 2 aliphatic rings. The largest absolute Gasteiger partial charge is 0.450 e. The van der Waals surface area contributed by atoms with E-state index in [-0.39, 0.29) is 25.0 Å². The molecule has 6 heteroatoms. The van der Waals surface area contributed by atoms with Crippen LogP contribution in [0.1, 0.15) is 23.3 Å². The normalized spacial score (nSPS) is 25.2. The summed E-state index contributed by atoms with van der Waals surface area (Å²) < 4.78 is 10.4. The molecule has 0 amide bonds. The SMILES string of the molecule is O=C1CN=CC(c2cccc(C3C=NCC(=O)O3)c2)O1. The highest BCUT2D eigenvalue weighted by Crippen LogP contribution is 2.24. The standard InChI is InChI=1S/C14H12N2O4/c17-13-7-15-5-11(19-13)9-2-1-3-10(4-9)12-6-16-8-14(18)20-12/h1-6,11-12H,7-8H2. The fourth-order valence-corrected chi connectivity index (χ4v) is 2.09. The molecule has 0 bridgehead atoms.